The summed E-state index contributed by atoms with van der Waals surface area (Å²) in [7, 11) is 0. The van der Waals surface area contributed by atoms with E-state index >= 15 is 0 Å². The van der Waals surface area contributed by atoms with Crippen LogP contribution in [0.3, 0.4) is 0 Å². The molecule has 0 atom stereocenters. The number of aromatic nitrogens is 4. The van der Waals surface area contributed by atoms with Crippen LogP contribution in [0.2, 0.25) is 0 Å². The number of hydrogen-bond acceptors (Lipinski definition) is 5. The third-order valence-corrected chi connectivity index (χ3v) is 11.8. The summed E-state index contributed by atoms with van der Waals surface area (Å²) in [5, 5.41) is 11.0. The Morgan fingerprint density at radius 3 is 1.63 bits per heavy atom. The van der Waals surface area contributed by atoms with Crippen LogP contribution in [-0.4, -0.2) is 19.5 Å². The van der Waals surface area contributed by atoms with E-state index in [1.807, 2.05) is 42.5 Å². The average molecular weight is 755 g/mol. The molecule has 0 N–H and O–H groups in total. The average Bonchev–Trinajstić information content (AvgIpc) is 3.97. The van der Waals surface area contributed by atoms with E-state index in [2.05, 4.69) is 144 Å². The van der Waals surface area contributed by atoms with E-state index in [0.717, 1.165) is 82.5 Å². The van der Waals surface area contributed by atoms with Gasteiger partial charge in [-0.05, 0) is 70.1 Å². The summed E-state index contributed by atoms with van der Waals surface area (Å²) >= 11 is 0. The minimum absolute atomic E-state index is 0.503. The van der Waals surface area contributed by atoms with Crippen LogP contribution in [0.4, 0.5) is 0 Å². The maximum absolute atomic E-state index is 6.79. The molecule has 0 aliphatic rings. The van der Waals surface area contributed by atoms with Gasteiger partial charge in [-0.15, -0.1) is 0 Å². The predicted octanol–water partition coefficient (Wildman–Crippen LogP) is 14.1. The van der Waals surface area contributed by atoms with Gasteiger partial charge in [0.15, 0.2) is 17.5 Å². The highest BCUT2D eigenvalue weighted by atomic mass is 16.3. The highest BCUT2D eigenvalue weighted by molar-refractivity contribution is 6.15. The summed E-state index contributed by atoms with van der Waals surface area (Å²) in [6.07, 6.45) is 0. The third-order valence-electron chi connectivity index (χ3n) is 11.8. The van der Waals surface area contributed by atoms with Crippen molar-refractivity contribution in [3.05, 3.63) is 182 Å². The highest BCUT2D eigenvalue weighted by Crippen LogP contribution is 2.42. The van der Waals surface area contributed by atoms with E-state index in [4.69, 9.17) is 23.8 Å². The fourth-order valence-electron chi connectivity index (χ4n) is 9.12. The van der Waals surface area contributed by atoms with Gasteiger partial charge in [0.25, 0.3) is 0 Å². The van der Waals surface area contributed by atoms with Gasteiger partial charge in [-0.2, -0.15) is 0 Å². The zero-order chi connectivity index (χ0) is 38.6. The van der Waals surface area contributed by atoms with Gasteiger partial charge in [-0.3, -0.25) is 0 Å². The minimum Gasteiger partial charge on any atom is -0.455 e. The second-order valence-corrected chi connectivity index (χ2v) is 15.2. The van der Waals surface area contributed by atoms with Gasteiger partial charge >= 0.3 is 0 Å². The first-order valence-electron chi connectivity index (χ1n) is 19.8. The Hall–Kier alpha value is -8.09. The number of fused-ring (bicyclic) bond motifs is 11. The molecule has 6 nitrogen and oxygen atoms in total. The molecule has 0 amide bonds. The van der Waals surface area contributed by atoms with Gasteiger partial charge in [-0.25, -0.2) is 15.0 Å². The van der Waals surface area contributed by atoms with Crippen molar-refractivity contribution in [3.63, 3.8) is 0 Å². The van der Waals surface area contributed by atoms with E-state index < -0.39 is 0 Å². The van der Waals surface area contributed by atoms with Crippen LogP contribution < -0.4 is 0 Å². The number of hydrogen-bond donors (Lipinski definition) is 0. The first-order chi connectivity index (χ1) is 29.2. The third kappa shape index (κ3) is 4.77. The summed E-state index contributed by atoms with van der Waals surface area (Å²) in [6.45, 7) is 0. The Morgan fingerprint density at radius 1 is 0.322 bits per heavy atom. The maximum Gasteiger partial charge on any atom is 0.167 e. The molecular weight excluding hydrogens is 725 g/mol. The molecule has 0 saturated heterocycles. The zero-order valence-electron chi connectivity index (χ0n) is 31.4. The van der Waals surface area contributed by atoms with Crippen molar-refractivity contribution < 1.29 is 8.83 Å². The molecule has 0 saturated carbocycles. The Balaban J connectivity index is 1.15. The summed E-state index contributed by atoms with van der Waals surface area (Å²) in [5.41, 5.74) is 8.73. The first-order valence-corrected chi connectivity index (χ1v) is 19.8. The second-order valence-electron chi connectivity index (χ2n) is 15.2. The fourth-order valence-corrected chi connectivity index (χ4v) is 9.12. The van der Waals surface area contributed by atoms with Gasteiger partial charge in [0, 0.05) is 43.6 Å². The Bertz CT molecular complexity index is 3870. The molecule has 13 rings (SSSR count). The topological polar surface area (TPSA) is 69.9 Å². The lowest BCUT2D eigenvalue weighted by atomic mass is 10.0. The maximum atomic E-state index is 6.79. The second kappa shape index (κ2) is 12.2. The first kappa shape index (κ1) is 32.0. The monoisotopic (exact) mass is 754 g/mol. The van der Waals surface area contributed by atoms with Crippen molar-refractivity contribution in [3.8, 4) is 39.9 Å². The molecule has 6 heteroatoms. The minimum atomic E-state index is 0.503. The van der Waals surface area contributed by atoms with Crippen LogP contribution in [0.25, 0.3) is 127 Å². The molecule has 0 aliphatic carbocycles. The van der Waals surface area contributed by atoms with Crippen molar-refractivity contribution in [2.75, 3.05) is 0 Å². The standard InChI is InChI=1S/C53H30N4O2/c1-2-15-33-28-46-42(27-32(33)14-1)36-18-5-8-24-45(36)57(46)34-29-43-38-20-7-10-26-48(38)59-50(43)44(30-34)53-55-51(40-22-11-16-31-13-3-4-17-35(31)40)54-52(56-53)41-23-12-21-39-37-19-6-9-25-47(37)58-49(39)41/h1-30H. The van der Waals surface area contributed by atoms with Crippen LogP contribution in [0.1, 0.15) is 0 Å². The van der Waals surface area contributed by atoms with E-state index in [9.17, 15) is 0 Å². The summed E-state index contributed by atoms with van der Waals surface area (Å²) in [6, 6.07) is 63.4. The molecule has 0 aliphatic heterocycles. The number of benzene rings is 9. The van der Waals surface area contributed by atoms with E-state index in [0.29, 0.717) is 23.1 Å². The van der Waals surface area contributed by atoms with E-state index in [-0.39, 0.29) is 0 Å². The number of nitrogens with zero attached hydrogens (tertiary/aromatic N) is 4. The largest absolute Gasteiger partial charge is 0.455 e. The summed E-state index contributed by atoms with van der Waals surface area (Å²) in [4.78, 5) is 16.0. The van der Waals surface area contributed by atoms with E-state index in [1.54, 1.807) is 0 Å². The lowest BCUT2D eigenvalue weighted by molar-refractivity contribution is 0.669. The van der Waals surface area contributed by atoms with Crippen LogP contribution in [-0.2, 0) is 0 Å². The lowest BCUT2D eigenvalue weighted by Gasteiger charge is -2.13. The Labute approximate surface area is 336 Å². The predicted molar refractivity (Wildman–Crippen MR) is 240 cm³/mol. The molecule has 0 spiro atoms. The molecule has 59 heavy (non-hydrogen) atoms. The fraction of sp³-hybridized carbons (Fsp3) is 0. The number of furan rings is 2. The quantitative estimate of drug-likeness (QED) is 0.179. The molecule has 0 unspecified atom stereocenters. The van der Waals surface area contributed by atoms with Crippen LogP contribution in [0.5, 0.6) is 0 Å². The number of para-hydroxylation sites is 4. The van der Waals surface area contributed by atoms with Crippen molar-refractivity contribution >= 4 is 87.2 Å². The molecule has 274 valence electrons. The van der Waals surface area contributed by atoms with Crippen LogP contribution in [0, 0.1) is 0 Å². The SMILES string of the molecule is c1ccc2cc3c(cc2c1)c1ccccc1n3-c1cc(-c2nc(-c3cccc4ccccc34)nc(-c3cccc4c3oc3ccccc34)n2)c2oc3ccccc3c2c1. The lowest BCUT2D eigenvalue weighted by Crippen LogP contribution is -2.02. The molecule has 4 heterocycles. The molecule has 13 aromatic rings. The van der Waals surface area contributed by atoms with Crippen LogP contribution >= 0.6 is 0 Å². The van der Waals surface area contributed by atoms with Gasteiger partial charge in [0.05, 0.1) is 22.2 Å². The van der Waals surface area contributed by atoms with Crippen molar-refractivity contribution in [2.24, 2.45) is 0 Å². The van der Waals surface area contributed by atoms with Gasteiger partial charge in [-0.1, -0.05) is 133 Å². The van der Waals surface area contributed by atoms with Crippen LogP contribution in [0.15, 0.2) is 191 Å². The summed E-state index contributed by atoms with van der Waals surface area (Å²) in [5.74, 6) is 1.58. The molecule has 4 aromatic heterocycles. The molecular formula is C53H30N4O2. The van der Waals surface area contributed by atoms with Crippen molar-refractivity contribution in [2.45, 2.75) is 0 Å². The normalized spacial score (nSPS) is 12.1. The van der Waals surface area contributed by atoms with Gasteiger partial charge < -0.3 is 13.4 Å². The Kier molecular flexibility index (Phi) is 6.63. The van der Waals surface area contributed by atoms with Gasteiger partial charge in [0.2, 0.25) is 0 Å². The van der Waals surface area contributed by atoms with Crippen molar-refractivity contribution in [1.82, 2.24) is 19.5 Å². The van der Waals surface area contributed by atoms with Gasteiger partial charge in [0.1, 0.15) is 22.3 Å². The smallest absolute Gasteiger partial charge is 0.167 e. The molecule has 0 radical (unpaired) electrons. The molecule has 0 bridgehead atoms. The summed E-state index contributed by atoms with van der Waals surface area (Å²) < 4.78 is 15.7. The Morgan fingerprint density at radius 2 is 0.847 bits per heavy atom. The zero-order valence-corrected chi connectivity index (χ0v) is 31.4. The highest BCUT2D eigenvalue weighted by Gasteiger charge is 2.23. The molecule has 0 fully saturated rings. The molecule has 9 aromatic carbocycles. The number of rotatable bonds is 4. The van der Waals surface area contributed by atoms with Crippen molar-refractivity contribution in [1.29, 1.82) is 0 Å². The van der Waals surface area contributed by atoms with E-state index in [1.165, 1.54) is 21.5 Å².